The van der Waals surface area contributed by atoms with Gasteiger partial charge in [0.15, 0.2) is 0 Å². The highest BCUT2D eigenvalue weighted by Gasteiger charge is 2.20. The van der Waals surface area contributed by atoms with Crippen LogP contribution in [-0.4, -0.2) is 56.2 Å². The Hall–Kier alpha value is -6.12. The molecule has 0 aromatic heterocycles. The number of hydrogen-bond acceptors (Lipinski definition) is 15. The van der Waals surface area contributed by atoms with Crippen molar-refractivity contribution in [3.05, 3.63) is 106 Å². The van der Waals surface area contributed by atoms with E-state index in [0.29, 0.717) is 0 Å². The lowest BCUT2D eigenvalue weighted by atomic mass is 10.0. The van der Waals surface area contributed by atoms with Crippen LogP contribution in [0.2, 0.25) is 0 Å². The molecule has 0 heterocycles. The Kier molecular flexibility index (Phi) is 14.2. The van der Waals surface area contributed by atoms with Crippen LogP contribution in [0.3, 0.4) is 0 Å². The predicted octanol–water partition coefficient (Wildman–Crippen LogP) is 6.08. The molecule has 0 fully saturated rings. The third-order valence-electron chi connectivity index (χ3n) is 6.35. The fourth-order valence-corrected chi connectivity index (χ4v) is 3.62. The average Bonchev–Trinajstić information content (AvgIpc) is 3.08. The van der Waals surface area contributed by atoms with Crippen molar-refractivity contribution in [2.45, 2.75) is 33.6 Å². The number of ether oxygens (including phenoxy) is 3. The minimum atomic E-state index is -1.35. The Morgan fingerprint density at radius 3 is 1.04 bits per heavy atom. The van der Waals surface area contributed by atoms with Crippen LogP contribution in [0.5, 0.6) is 0 Å². The first-order valence-electron chi connectivity index (χ1n) is 14.4. The second kappa shape index (κ2) is 18.8. The number of aryl methyl sites for hydroxylation is 3. The summed E-state index contributed by atoms with van der Waals surface area (Å²) in [5, 5.41) is 0. The summed E-state index contributed by atoms with van der Waals surface area (Å²) < 4.78 is 14.8. The Bertz CT molecular complexity index is 1470. The largest absolute Gasteiger partial charge is 0.549 e. The molecule has 3 aromatic carbocycles. The zero-order valence-corrected chi connectivity index (χ0v) is 26.2. The molecule has 0 bridgehead atoms. The lowest BCUT2D eigenvalue weighted by Crippen LogP contribution is -2.21. The van der Waals surface area contributed by atoms with Gasteiger partial charge in [0.25, 0.3) is 0 Å². The Morgan fingerprint density at radius 2 is 0.729 bits per heavy atom. The van der Waals surface area contributed by atoms with Gasteiger partial charge < -0.3 is 14.2 Å². The maximum absolute atomic E-state index is 12.0. The van der Waals surface area contributed by atoms with Crippen LogP contribution in [0, 0.1) is 26.7 Å². The molecule has 254 valence electrons. The molecule has 3 aromatic rings. The van der Waals surface area contributed by atoms with Crippen molar-refractivity contribution in [2.24, 2.45) is 5.92 Å². The second-order valence-corrected chi connectivity index (χ2v) is 10.2. The Morgan fingerprint density at radius 1 is 0.438 bits per heavy atom. The average molecular weight is 669 g/mol. The van der Waals surface area contributed by atoms with Gasteiger partial charge in [-0.1, -0.05) is 53.1 Å². The Balaban J connectivity index is 1.44. The maximum Gasteiger partial charge on any atom is 0.549 e. The van der Waals surface area contributed by atoms with E-state index in [1.54, 1.807) is 36.4 Å². The highest BCUT2D eigenvalue weighted by molar-refractivity contribution is 5.90. The summed E-state index contributed by atoms with van der Waals surface area (Å²) in [5.74, 6) is -3.42. The van der Waals surface area contributed by atoms with E-state index in [9.17, 15) is 28.8 Å². The lowest BCUT2D eigenvalue weighted by Gasteiger charge is -2.16. The summed E-state index contributed by atoms with van der Waals surface area (Å²) >= 11 is 0. The molecule has 0 unspecified atom stereocenters. The molecule has 0 saturated heterocycles. The van der Waals surface area contributed by atoms with E-state index in [0.717, 1.165) is 16.7 Å². The molecular weight excluding hydrogens is 636 g/mol. The SMILES string of the molecule is Cc1ccc(C(=O)OOC(=O)OCCC(CCOC(=O)OOC(=O)c2ccc(C)cc2)COC(=O)OOC(=O)c2ccc(C)cc2)cc1. The summed E-state index contributed by atoms with van der Waals surface area (Å²) in [4.78, 5) is 98.5. The van der Waals surface area contributed by atoms with Gasteiger partial charge in [-0.15, -0.1) is 0 Å². The predicted molar refractivity (Wildman–Crippen MR) is 160 cm³/mol. The van der Waals surface area contributed by atoms with E-state index in [4.69, 9.17) is 14.2 Å². The molecule has 0 N–H and O–H groups in total. The minimum absolute atomic E-state index is 0.0122. The van der Waals surface area contributed by atoms with Crippen LogP contribution in [-0.2, 0) is 43.5 Å². The molecule has 48 heavy (non-hydrogen) atoms. The standard InChI is InChI=1S/C33H32O15/c1-21-4-10-25(11-5-21)28(34)43-46-31(37)40-18-16-24(20-42-33(39)48-45-30(36)27-14-8-23(3)9-15-27)17-19-41-32(38)47-44-29(35)26-12-6-22(2)7-13-26/h4-15,24H,16-20H2,1-3H3. The molecule has 0 aliphatic carbocycles. The zero-order valence-electron chi connectivity index (χ0n) is 26.2. The summed E-state index contributed by atoms with van der Waals surface area (Å²) in [5.41, 5.74) is 3.14. The molecule has 15 nitrogen and oxygen atoms in total. The number of rotatable bonds is 11. The zero-order chi connectivity index (χ0) is 34.9. The van der Waals surface area contributed by atoms with Crippen molar-refractivity contribution in [2.75, 3.05) is 19.8 Å². The van der Waals surface area contributed by atoms with Gasteiger partial charge in [0.2, 0.25) is 0 Å². The van der Waals surface area contributed by atoms with E-state index in [-0.39, 0.29) is 49.4 Å². The summed E-state index contributed by atoms with van der Waals surface area (Å²) in [6, 6.07) is 18.9. The van der Waals surface area contributed by atoms with Crippen LogP contribution in [0.25, 0.3) is 0 Å². The number of benzene rings is 3. The van der Waals surface area contributed by atoms with Crippen molar-refractivity contribution >= 4 is 36.4 Å². The Labute approximate surface area is 274 Å². The maximum atomic E-state index is 12.0. The topological polar surface area (TPSA) is 185 Å². The number of hydrogen-bond donors (Lipinski definition) is 0. The summed E-state index contributed by atoms with van der Waals surface area (Å²) in [6.07, 6.45) is -3.98. The molecule has 0 aliphatic rings. The summed E-state index contributed by atoms with van der Waals surface area (Å²) in [7, 11) is 0. The van der Waals surface area contributed by atoms with Crippen LogP contribution in [0.1, 0.15) is 60.6 Å². The molecule has 15 heteroatoms. The van der Waals surface area contributed by atoms with Gasteiger partial charge in [0.1, 0.15) is 0 Å². The van der Waals surface area contributed by atoms with Gasteiger partial charge in [-0.25, -0.2) is 43.7 Å². The van der Waals surface area contributed by atoms with Gasteiger partial charge in [0.05, 0.1) is 36.5 Å². The lowest BCUT2D eigenvalue weighted by molar-refractivity contribution is -0.206. The van der Waals surface area contributed by atoms with E-state index >= 15 is 0 Å². The van der Waals surface area contributed by atoms with Crippen LogP contribution in [0.4, 0.5) is 14.4 Å². The van der Waals surface area contributed by atoms with E-state index < -0.39 is 42.3 Å². The first-order chi connectivity index (χ1) is 23.0. The van der Waals surface area contributed by atoms with Crippen LogP contribution in [0.15, 0.2) is 72.8 Å². The van der Waals surface area contributed by atoms with Gasteiger partial charge in [-0.05, 0) is 75.9 Å². The quantitative estimate of drug-likeness (QED) is 0.0989. The third kappa shape index (κ3) is 13.1. The smallest absolute Gasteiger partial charge is 0.432 e. The van der Waals surface area contributed by atoms with Crippen molar-refractivity contribution in [1.82, 2.24) is 0 Å². The van der Waals surface area contributed by atoms with Crippen molar-refractivity contribution in [3.63, 3.8) is 0 Å². The van der Waals surface area contributed by atoms with Crippen LogP contribution >= 0.6 is 0 Å². The normalized spacial score (nSPS) is 10.2. The first-order valence-corrected chi connectivity index (χ1v) is 14.4. The van der Waals surface area contributed by atoms with Crippen molar-refractivity contribution < 1.29 is 72.3 Å². The fraction of sp³-hybridized carbons (Fsp3) is 0.273. The molecule has 0 atom stereocenters. The summed E-state index contributed by atoms with van der Waals surface area (Å²) in [6.45, 7) is 4.48. The molecule has 0 aliphatic heterocycles. The first kappa shape index (κ1) is 36.3. The van der Waals surface area contributed by atoms with E-state index in [2.05, 4.69) is 29.3 Å². The highest BCUT2D eigenvalue weighted by atomic mass is 17.2. The second-order valence-electron chi connectivity index (χ2n) is 10.2. The van der Waals surface area contributed by atoms with Gasteiger partial charge in [0, 0.05) is 0 Å². The van der Waals surface area contributed by atoms with Crippen molar-refractivity contribution in [1.29, 1.82) is 0 Å². The highest BCUT2D eigenvalue weighted by Crippen LogP contribution is 2.13. The monoisotopic (exact) mass is 668 g/mol. The van der Waals surface area contributed by atoms with E-state index in [1.807, 2.05) is 20.8 Å². The van der Waals surface area contributed by atoms with E-state index in [1.165, 1.54) is 36.4 Å². The third-order valence-corrected chi connectivity index (χ3v) is 6.35. The molecule has 3 rings (SSSR count). The van der Waals surface area contributed by atoms with Crippen molar-refractivity contribution in [3.8, 4) is 0 Å². The van der Waals surface area contributed by atoms with Gasteiger partial charge in [-0.3, -0.25) is 0 Å². The molecule has 0 amide bonds. The molecule has 0 saturated carbocycles. The van der Waals surface area contributed by atoms with Gasteiger partial charge in [-0.2, -0.15) is 14.4 Å². The number of carbonyl (C=O) groups is 6. The molecule has 0 spiro atoms. The fourth-order valence-electron chi connectivity index (χ4n) is 3.62. The molecular formula is C33H32O15. The number of carbonyl (C=O) groups excluding carboxylic acids is 6. The minimum Gasteiger partial charge on any atom is -0.432 e. The van der Waals surface area contributed by atoms with Crippen LogP contribution < -0.4 is 0 Å². The molecule has 0 radical (unpaired) electrons. The van der Waals surface area contributed by atoms with Gasteiger partial charge >= 0.3 is 36.4 Å².